The Kier molecular flexibility index (Phi) is 2.84. The number of hydrogen-bond acceptors (Lipinski definition) is 2. The van der Waals surface area contributed by atoms with Crippen LogP contribution in [0.4, 0.5) is 0 Å². The highest BCUT2D eigenvalue weighted by molar-refractivity contribution is 5.28. The third-order valence-corrected chi connectivity index (χ3v) is 2.30. The molecule has 0 spiro atoms. The van der Waals surface area contributed by atoms with Gasteiger partial charge in [-0.05, 0) is 30.2 Å². The molecule has 1 aromatic rings. The summed E-state index contributed by atoms with van der Waals surface area (Å²) < 4.78 is 5.66. The van der Waals surface area contributed by atoms with E-state index in [0.717, 1.165) is 18.8 Å². The summed E-state index contributed by atoms with van der Waals surface area (Å²) in [6, 6.07) is 8.15. The summed E-state index contributed by atoms with van der Waals surface area (Å²) in [4.78, 5) is 0. The van der Waals surface area contributed by atoms with Crippen molar-refractivity contribution in [3.8, 4) is 5.75 Å². The van der Waals surface area contributed by atoms with Gasteiger partial charge in [0.2, 0.25) is 0 Å². The van der Waals surface area contributed by atoms with Gasteiger partial charge in [0.05, 0.1) is 0 Å². The lowest BCUT2D eigenvalue weighted by Gasteiger charge is -2.06. The van der Waals surface area contributed by atoms with Crippen LogP contribution in [-0.4, -0.2) is 19.7 Å². The average molecular weight is 189 g/mol. The van der Waals surface area contributed by atoms with Gasteiger partial charge in [-0.2, -0.15) is 0 Å². The Labute approximate surface area is 84.6 Å². The number of hydrogen-bond donors (Lipinski definition) is 1. The summed E-state index contributed by atoms with van der Waals surface area (Å²) in [6.45, 7) is 4.72. The quantitative estimate of drug-likeness (QED) is 0.733. The van der Waals surface area contributed by atoms with E-state index < -0.39 is 0 Å². The minimum Gasteiger partial charge on any atom is -0.489 e. The lowest BCUT2D eigenvalue weighted by atomic mass is 10.2. The molecule has 0 unspecified atom stereocenters. The van der Waals surface area contributed by atoms with Crippen molar-refractivity contribution in [2.75, 3.05) is 19.7 Å². The summed E-state index contributed by atoms with van der Waals surface area (Å²) in [6.07, 6.45) is 2.19. The second kappa shape index (κ2) is 4.29. The topological polar surface area (TPSA) is 21.3 Å². The molecule has 0 radical (unpaired) electrons. The molecule has 1 aromatic carbocycles. The van der Waals surface area contributed by atoms with E-state index in [2.05, 4.69) is 30.4 Å². The SMILES string of the molecule is Cc1cccc(OCC2=CCNC2)c1. The van der Waals surface area contributed by atoms with Crippen molar-refractivity contribution in [1.82, 2.24) is 5.32 Å². The molecule has 14 heavy (non-hydrogen) atoms. The van der Waals surface area contributed by atoms with Gasteiger partial charge in [0.1, 0.15) is 12.4 Å². The van der Waals surface area contributed by atoms with Gasteiger partial charge in [-0.3, -0.25) is 0 Å². The van der Waals surface area contributed by atoms with Gasteiger partial charge in [-0.15, -0.1) is 0 Å². The molecule has 0 atom stereocenters. The first-order valence-electron chi connectivity index (χ1n) is 4.93. The van der Waals surface area contributed by atoms with E-state index in [-0.39, 0.29) is 0 Å². The van der Waals surface area contributed by atoms with E-state index in [1.54, 1.807) is 0 Å². The Morgan fingerprint density at radius 3 is 3.07 bits per heavy atom. The van der Waals surface area contributed by atoms with E-state index in [1.165, 1.54) is 11.1 Å². The van der Waals surface area contributed by atoms with Crippen molar-refractivity contribution in [1.29, 1.82) is 0 Å². The predicted octanol–water partition coefficient (Wildman–Crippen LogP) is 1.90. The molecule has 0 amide bonds. The van der Waals surface area contributed by atoms with Crippen LogP contribution in [0.3, 0.4) is 0 Å². The Morgan fingerprint density at radius 1 is 1.43 bits per heavy atom. The second-order valence-electron chi connectivity index (χ2n) is 3.60. The number of ether oxygens (including phenoxy) is 1. The predicted molar refractivity (Wildman–Crippen MR) is 57.6 cm³/mol. The van der Waals surface area contributed by atoms with Crippen LogP contribution in [0.2, 0.25) is 0 Å². The van der Waals surface area contributed by atoms with Crippen LogP contribution in [0.1, 0.15) is 5.56 Å². The molecule has 2 nitrogen and oxygen atoms in total. The summed E-state index contributed by atoms with van der Waals surface area (Å²) in [5, 5.41) is 3.25. The highest BCUT2D eigenvalue weighted by Crippen LogP contribution is 2.13. The molecule has 0 aliphatic carbocycles. The molecule has 1 N–H and O–H groups in total. The first kappa shape index (κ1) is 9.28. The Bertz CT molecular complexity index is 344. The highest BCUT2D eigenvalue weighted by atomic mass is 16.5. The van der Waals surface area contributed by atoms with Crippen LogP contribution in [0.15, 0.2) is 35.9 Å². The van der Waals surface area contributed by atoms with Crippen LogP contribution in [0.25, 0.3) is 0 Å². The molecular formula is C12H15NO. The maximum atomic E-state index is 5.66. The molecule has 0 bridgehead atoms. The molecule has 1 aliphatic rings. The molecule has 0 aromatic heterocycles. The Balaban J connectivity index is 1.91. The first-order valence-corrected chi connectivity index (χ1v) is 4.93. The lowest BCUT2D eigenvalue weighted by Crippen LogP contribution is -2.11. The molecule has 0 saturated heterocycles. The van der Waals surface area contributed by atoms with Crippen LogP contribution >= 0.6 is 0 Å². The van der Waals surface area contributed by atoms with Gasteiger partial charge in [0.15, 0.2) is 0 Å². The third kappa shape index (κ3) is 2.36. The summed E-state index contributed by atoms with van der Waals surface area (Å²) in [7, 11) is 0. The molecule has 2 rings (SSSR count). The summed E-state index contributed by atoms with van der Waals surface area (Å²) in [5.74, 6) is 0.956. The molecule has 74 valence electrons. The van der Waals surface area contributed by atoms with Crippen LogP contribution in [-0.2, 0) is 0 Å². The molecule has 2 heteroatoms. The second-order valence-corrected chi connectivity index (χ2v) is 3.60. The maximum absolute atomic E-state index is 5.66. The maximum Gasteiger partial charge on any atom is 0.120 e. The van der Waals surface area contributed by atoms with Gasteiger partial charge in [0, 0.05) is 13.1 Å². The average Bonchev–Trinajstić information content (AvgIpc) is 2.67. The Morgan fingerprint density at radius 2 is 2.36 bits per heavy atom. The zero-order chi connectivity index (χ0) is 9.80. The first-order chi connectivity index (χ1) is 6.84. The smallest absolute Gasteiger partial charge is 0.120 e. The van der Waals surface area contributed by atoms with Crippen LogP contribution < -0.4 is 10.1 Å². The van der Waals surface area contributed by atoms with Gasteiger partial charge >= 0.3 is 0 Å². The minimum atomic E-state index is 0.705. The number of aryl methyl sites for hydroxylation is 1. The van der Waals surface area contributed by atoms with Gasteiger partial charge in [0.25, 0.3) is 0 Å². The highest BCUT2D eigenvalue weighted by Gasteiger charge is 2.03. The molecule has 1 heterocycles. The molecular weight excluding hydrogens is 174 g/mol. The van der Waals surface area contributed by atoms with Crippen molar-refractivity contribution in [3.05, 3.63) is 41.5 Å². The zero-order valence-corrected chi connectivity index (χ0v) is 8.42. The lowest BCUT2D eigenvalue weighted by molar-refractivity contribution is 0.350. The monoisotopic (exact) mass is 189 g/mol. The zero-order valence-electron chi connectivity index (χ0n) is 8.42. The van der Waals surface area contributed by atoms with Gasteiger partial charge in [-0.25, -0.2) is 0 Å². The fraction of sp³-hybridized carbons (Fsp3) is 0.333. The largest absolute Gasteiger partial charge is 0.489 e. The standard InChI is InChI=1S/C12H15NO/c1-10-3-2-4-12(7-10)14-9-11-5-6-13-8-11/h2-5,7,13H,6,8-9H2,1H3. The molecule has 0 fully saturated rings. The fourth-order valence-corrected chi connectivity index (χ4v) is 1.51. The van der Waals surface area contributed by atoms with E-state index in [4.69, 9.17) is 4.74 Å². The van der Waals surface area contributed by atoms with E-state index in [9.17, 15) is 0 Å². The summed E-state index contributed by atoms with van der Waals surface area (Å²) in [5.41, 5.74) is 2.58. The van der Waals surface area contributed by atoms with E-state index in [0.29, 0.717) is 6.61 Å². The fourth-order valence-electron chi connectivity index (χ4n) is 1.51. The number of nitrogens with one attached hydrogen (secondary N) is 1. The molecule has 0 saturated carbocycles. The van der Waals surface area contributed by atoms with Crippen molar-refractivity contribution >= 4 is 0 Å². The van der Waals surface area contributed by atoms with E-state index in [1.807, 2.05) is 12.1 Å². The van der Waals surface area contributed by atoms with Crippen molar-refractivity contribution in [2.24, 2.45) is 0 Å². The number of rotatable bonds is 3. The normalized spacial score (nSPS) is 15.4. The van der Waals surface area contributed by atoms with Crippen molar-refractivity contribution in [2.45, 2.75) is 6.92 Å². The minimum absolute atomic E-state index is 0.705. The number of benzene rings is 1. The Hall–Kier alpha value is -1.28. The van der Waals surface area contributed by atoms with Crippen LogP contribution in [0, 0.1) is 6.92 Å². The van der Waals surface area contributed by atoms with Crippen molar-refractivity contribution < 1.29 is 4.74 Å². The van der Waals surface area contributed by atoms with E-state index >= 15 is 0 Å². The summed E-state index contributed by atoms with van der Waals surface area (Å²) >= 11 is 0. The third-order valence-electron chi connectivity index (χ3n) is 2.30. The van der Waals surface area contributed by atoms with Gasteiger partial charge < -0.3 is 10.1 Å². The van der Waals surface area contributed by atoms with Crippen molar-refractivity contribution in [3.63, 3.8) is 0 Å². The van der Waals surface area contributed by atoms with Gasteiger partial charge in [-0.1, -0.05) is 18.2 Å². The van der Waals surface area contributed by atoms with Crippen LogP contribution in [0.5, 0.6) is 5.75 Å². The molecule has 1 aliphatic heterocycles.